The summed E-state index contributed by atoms with van der Waals surface area (Å²) in [6, 6.07) is 0. The minimum absolute atomic E-state index is 0.182. The lowest BCUT2D eigenvalue weighted by Gasteiger charge is -2.26. The van der Waals surface area contributed by atoms with E-state index in [2.05, 4.69) is 6.92 Å². The zero-order chi connectivity index (χ0) is 12.7. The molecule has 1 saturated carbocycles. The summed E-state index contributed by atoms with van der Waals surface area (Å²) in [5, 5.41) is 0. The van der Waals surface area contributed by atoms with Crippen molar-refractivity contribution in [3.63, 3.8) is 0 Å². The maximum Gasteiger partial charge on any atom is 0.0874 e. The molecule has 1 aliphatic heterocycles. The van der Waals surface area contributed by atoms with Gasteiger partial charge < -0.3 is 9.47 Å². The van der Waals surface area contributed by atoms with Crippen LogP contribution in [0.1, 0.15) is 71.1 Å². The minimum Gasteiger partial charge on any atom is -0.501 e. The van der Waals surface area contributed by atoms with Gasteiger partial charge in [-0.25, -0.2) is 0 Å². The average molecular weight is 252 g/mol. The molecule has 0 aromatic carbocycles. The molecule has 0 radical (unpaired) electrons. The third-order valence-corrected chi connectivity index (χ3v) is 4.47. The average Bonchev–Trinajstić information content (AvgIpc) is 2.89. The normalized spacial score (nSPS) is 28.4. The van der Waals surface area contributed by atoms with Crippen LogP contribution in [0.15, 0.2) is 11.8 Å². The number of hydrogen-bond acceptors (Lipinski definition) is 2. The lowest BCUT2D eigenvalue weighted by atomic mass is 9.92. The second-order valence-electron chi connectivity index (χ2n) is 5.80. The first-order chi connectivity index (χ1) is 8.85. The monoisotopic (exact) mass is 252 g/mol. The fourth-order valence-corrected chi connectivity index (χ4v) is 3.19. The molecular weight excluding hydrogens is 224 g/mol. The van der Waals surface area contributed by atoms with Gasteiger partial charge in [0.1, 0.15) is 0 Å². The molecule has 1 unspecified atom stereocenters. The lowest BCUT2D eigenvalue weighted by Crippen LogP contribution is -2.26. The van der Waals surface area contributed by atoms with Crippen LogP contribution in [-0.4, -0.2) is 18.8 Å². The highest BCUT2D eigenvalue weighted by Crippen LogP contribution is 2.33. The maximum atomic E-state index is 5.92. The van der Waals surface area contributed by atoms with E-state index in [1.165, 1.54) is 50.5 Å². The van der Waals surface area contributed by atoms with Crippen LogP contribution in [0.3, 0.4) is 0 Å². The van der Waals surface area contributed by atoms with Crippen LogP contribution in [0.4, 0.5) is 0 Å². The molecule has 2 rings (SSSR count). The summed E-state index contributed by atoms with van der Waals surface area (Å²) in [7, 11) is 0. The van der Waals surface area contributed by atoms with Gasteiger partial charge in [0.15, 0.2) is 0 Å². The predicted octanol–water partition coefficient (Wildman–Crippen LogP) is 4.59. The van der Waals surface area contributed by atoms with Gasteiger partial charge in [-0.3, -0.25) is 0 Å². The van der Waals surface area contributed by atoms with Crippen molar-refractivity contribution in [1.29, 1.82) is 0 Å². The van der Waals surface area contributed by atoms with E-state index in [9.17, 15) is 0 Å². The Labute approximate surface area is 112 Å². The molecular formula is C16H28O2. The Hall–Kier alpha value is -0.500. The molecule has 0 amide bonds. The summed E-state index contributed by atoms with van der Waals surface area (Å²) in [5.41, 5.74) is 1.70. The molecule has 0 bridgehead atoms. The second kappa shape index (κ2) is 7.18. The van der Waals surface area contributed by atoms with Crippen molar-refractivity contribution in [3.05, 3.63) is 11.8 Å². The van der Waals surface area contributed by atoms with Gasteiger partial charge in [-0.05, 0) is 63.4 Å². The van der Waals surface area contributed by atoms with Gasteiger partial charge in [0, 0.05) is 6.61 Å². The van der Waals surface area contributed by atoms with E-state index in [4.69, 9.17) is 9.47 Å². The van der Waals surface area contributed by atoms with Crippen molar-refractivity contribution in [1.82, 2.24) is 0 Å². The van der Waals surface area contributed by atoms with Gasteiger partial charge >= 0.3 is 0 Å². The second-order valence-corrected chi connectivity index (χ2v) is 5.80. The molecule has 0 aromatic rings. The number of rotatable bonds is 6. The lowest BCUT2D eigenvalue weighted by molar-refractivity contribution is -0.0106. The van der Waals surface area contributed by atoms with E-state index in [-0.39, 0.29) is 5.60 Å². The summed E-state index contributed by atoms with van der Waals surface area (Å²) in [4.78, 5) is 0. The Morgan fingerprint density at radius 1 is 1.22 bits per heavy atom. The van der Waals surface area contributed by atoms with Crippen molar-refractivity contribution in [2.24, 2.45) is 0 Å². The van der Waals surface area contributed by atoms with E-state index < -0.39 is 0 Å². The minimum atomic E-state index is 0.182. The van der Waals surface area contributed by atoms with Gasteiger partial charge in [0.05, 0.1) is 18.5 Å². The standard InChI is InChI=1S/C16H28O2/c1-2-16(11-7-13-18-16)10-6-12-17-14-15-8-4-3-5-9-15/h14H,2-13H2,1H3. The van der Waals surface area contributed by atoms with Crippen LogP contribution in [0, 0.1) is 0 Å². The summed E-state index contributed by atoms with van der Waals surface area (Å²) in [5.74, 6) is 0. The van der Waals surface area contributed by atoms with Crippen LogP contribution in [0.2, 0.25) is 0 Å². The van der Waals surface area contributed by atoms with Crippen LogP contribution in [0.25, 0.3) is 0 Å². The molecule has 0 aromatic heterocycles. The van der Waals surface area contributed by atoms with Crippen molar-refractivity contribution >= 4 is 0 Å². The van der Waals surface area contributed by atoms with E-state index >= 15 is 0 Å². The number of hydrogen-bond donors (Lipinski definition) is 0. The van der Waals surface area contributed by atoms with Crippen LogP contribution in [-0.2, 0) is 9.47 Å². The van der Waals surface area contributed by atoms with Crippen molar-refractivity contribution < 1.29 is 9.47 Å². The van der Waals surface area contributed by atoms with Crippen LogP contribution < -0.4 is 0 Å². The van der Waals surface area contributed by atoms with E-state index in [0.29, 0.717) is 0 Å². The summed E-state index contributed by atoms with van der Waals surface area (Å²) in [6.45, 7) is 4.06. The molecule has 18 heavy (non-hydrogen) atoms. The third-order valence-electron chi connectivity index (χ3n) is 4.47. The highest BCUT2D eigenvalue weighted by atomic mass is 16.5. The Kier molecular flexibility index (Phi) is 5.55. The molecule has 2 aliphatic rings. The fourth-order valence-electron chi connectivity index (χ4n) is 3.19. The fraction of sp³-hybridized carbons (Fsp3) is 0.875. The first kappa shape index (κ1) is 13.9. The quantitative estimate of drug-likeness (QED) is 0.508. The first-order valence-electron chi connectivity index (χ1n) is 7.78. The topological polar surface area (TPSA) is 18.5 Å². The van der Waals surface area contributed by atoms with Gasteiger partial charge in [-0.15, -0.1) is 0 Å². The molecule has 1 atom stereocenters. The summed E-state index contributed by atoms with van der Waals surface area (Å²) >= 11 is 0. The molecule has 104 valence electrons. The molecule has 2 heteroatoms. The SMILES string of the molecule is CCC1(CCCOC=C2CCCCC2)CCCO1. The van der Waals surface area contributed by atoms with Crippen LogP contribution >= 0.6 is 0 Å². The van der Waals surface area contributed by atoms with E-state index in [0.717, 1.165) is 32.5 Å². The Morgan fingerprint density at radius 3 is 2.72 bits per heavy atom. The molecule has 2 fully saturated rings. The molecule has 1 aliphatic carbocycles. The number of ether oxygens (including phenoxy) is 2. The summed E-state index contributed by atoms with van der Waals surface area (Å²) < 4.78 is 11.6. The zero-order valence-corrected chi connectivity index (χ0v) is 11.9. The smallest absolute Gasteiger partial charge is 0.0874 e. The summed E-state index contributed by atoms with van der Waals surface area (Å²) in [6.07, 6.45) is 14.5. The van der Waals surface area contributed by atoms with E-state index in [1.54, 1.807) is 0 Å². The first-order valence-corrected chi connectivity index (χ1v) is 7.78. The van der Waals surface area contributed by atoms with E-state index in [1.807, 2.05) is 6.26 Å². The Bertz CT molecular complexity index is 256. The number of allylic oxidation sites excluding steroid dienone is 1. The zero-order valence-electron chi connectivity index (χ0n) is 11.9. The maximum absolute atomic E-state index is 5.92. The Morgan fingerprint density at radius 2 is 2.06 bits per heavy atom. The van der Waals surface area contributed by atoms with Gasteiger partial charge in [0.2, 0.25) is 0 Å². The van der Waals surface area contributed by atoms with Gasteiger partial charge in [-0.2, -0.15) is 0 Å². The van der Waals surface area contributed by atoms with Crippen molar-refractivity contribution in [2.75, 3.05) is 13.2 Å². The third kappa shape index (κ3) is 4.01. The highest BCUT2D eigenvalue weighted by molar-refractivity contribution is 5.00. The molecule has 1 saturated heterocycles. The van der Waals surface area contributed by atoms with Crippen molar-refractivity contribution in [3.8, 4) is 0 Å². The molecule has 0 spiro atoms. The molecule has 0 N–H and O–H groups in total. The Balaban J connectivity index is 1.60. The largest absolute Gasteiger partial charge is 0.501 e. The van der Waals surface area contributed by atoms with Crippen molar-refractivity contribution in [2.45, 2.75) is 76.7 Å². The van der Waals surface area contributed by atoms with Crippen LogP contribution in [0.5, 0.6) is 0 Å². The van der Waals surface area contributed by atoms with Gasteiger partial charge in [-0.1, -0.05) is 13.3 Å². The highest BCUT2D eigenvalue weighted by Gasteiger charge is 2.32. The van der Waals surface area contributed by atoms with Gasteiger partial charge in [0.25, 0.3) is 0 Å². The predicted molar refractivity (Wildman–Crippen MR) is 74.6 cm³/mol. The molecule has 1 heterocycles. The molecule has 2 nitrogen and oxygen atoms in total.